The van der Waals surface area contributed by atoms with Crippen molar-refractivity contribution in [2.75, 3.05) is 0 Å². The minimum absolute atomic E-state index is 0.155. The van der Waals surface area contributed by atoms with Crippen molar-refractivity contribution < 1.29 is 19.8 Å². The molecule has 1 fully saturated rings. The van der Waals surface area contributed by atoms with Crippen molar-refractivity contribution in [3.05, 3.63) is 24.3 Å². The first-order valence-corrected chi connectivity index (χ1v) is 10.2. The predicted molar refractivity (Wildman–Crippen MR) is 105 cm³/mol. The van der Waals surface area contributed by atoms with Crippen molar-refractivity contribution in [1.82, 2.24) is 0 Å². The lowest BCUT2D eigenvalue weighted by atomic mass is 9.85. The van der Waals surface area contributed by atoms with E-state index in [1.807, 2.05) is 13.0 Å². The lowest BCUT2D eigenvalue weighted by molar-refractivity contribution is -0.143. The van der Waals surface area contributed by atoms with Crippen LogP contribution in [-0.4, -0.2) is 22.2 Å². The van der Waals surface area contributed by atoms with E-state index < -0.39 is 11.9 Å². The Bertz CT molecular complexity index is 481. The van der Waals surface area contributed by atoms with Crippen LogP contribution in [0.15, 0.2) is 24.3 Å². The molecule has 148 valence electrons. The average Bonchev–Trinajstić information content (AvgIpc) is 2.99. The van der Waals surface area contributed by atoms with E-state index in [-0.39, 0.29) is 24.2 Å². The molecule has 0 spiro atoms. The molecule has 1 aliphatic rings. The van der Waals surface area contributed by atoms with Gasteiger partial charge >= 0.3 is 11.9 Å². The van der Waals surface area contributed by atoms with Gasteiger partial charge in [0.2, 0.25) is 0 Å². The van der Waals surface area contributed by atoms with E-state index in [4.69, 9.17) is 5.11 Å². The molecule has 1 rings (SSSR count). The van der Waals surface area contributed by atoms with E-state index in [1.165, 1.54) is 25.7 Å². The van der Waals surface area contributed by atoms with Gasteiger partial charge in [-0.05, 0) is 56.3 Å². The molecule has 2 N–H and O–H groups in total. The first kappa shape index (κ1) is 22.5. The van der Waals surface area contributed by atoms with Crippen molar-refractivity contribution in [1.29, 1.82) is 0 Å². The molecule has 0 radical (unpaired) electrons. The third kappa shape index (κ3) is 8.68. The molecule has 4 nitrogen and oxygen atoms in total. The number of hydrogen-bond acceptors (Lipinski definition) is 2. The highest BCUT2D eigenvalue weighted by molar-refractivity contribution is 5.71. The monoisotopic (exact) mass is 364 g/mol. The molecule has 1 unspecified atom stereocenters. The summed E-state index contributed by atoms with van der Waals surface area (Å²) in [5, 5.41) is 18.3. The van der Waals surface area contributed by atoms with Crippen LogP contribution in [0.5, 0.6) is 0 Å². The van der Waals surface area contributed by atoms with Gasteiger partial charge in [0.15, 0.2) is 0 Å². The molecule has 0 bridgehead atoms. The number of allylic oxidation sites excluding steroid dienone is 4. The van der Waals surface area contributed by atoms with Gasteiger partial charge in [0.05, 0.1) is 5.92 Å². The fraction of sp³-hybridized carbons (Fsp3) is 0.727. The Kier molecular flexibility index (Phi) is 11.0. The number of carbonyl (C=O) groups is 2. The van der Waals surface area contributed by atoms with Gasteiger partial charge < -0.3 is 10.2 Å². The van der Waals surface area contributed by atoms with Crippen LogP contribution in [0.1, 0.15) is 78.1 Å². The maximum atomic E-state index is 11.6. The largest absolute Gasteiger partial charge is 0.481 e. The number of unbranched alkanes of at least 4 members (excludes halogenated alkanes) is 4. The number of carboxylic acid groups (broad SMARTS) is 2. The minimum Gasteiger partial charge on any atom is -0.481 e. The lowest BCUT2D eigenvalue weighted by Crippen LogP contribution is -2.21. The van der Waals surface area contributed by atoms with Crippen molar-refractivity contribution in [2.24, 2.45) is 23.7 Å². The zero-order chi connectivity index (χ0) is 19.4. The van der Waals surface area contributed by atoms with Crippen LogP contribution < -0.4 is 0 Å². The van der Waals surface area contributed by atoms with Crippen molar-refractivity contribution in [3.63, 3.8) is 0 Å². The van der Waals surface area contributed by atoms with Gasteiger partial charge in [-0.25, -0.2) is 0 Å². The number of rotatable bonds is 13. The SMILES string of the molecule is CCCCCCC=C[C@H]1CCC(C(=O)O)[C@@H]1CC=C[C@H](C)CCC(=O)O. The topological polar surface area (TPSA) is 74.6 Å². The number of hydrogen-bond donors (Lipinski definition) is 2. The molecule has 0 heterocycles. The van der Waals surface area contributed by atoms with Crippen LogP contribution in [0.2, 0.25) is 0 Å². The summed E-state index contributed by atoms with van der Waals surface area (Å²) < 4.78 is 0. The summed E-state index contributed by atoms with van der Waals surface area (Å²) in [7, 11) is 0. The Morgan fingerprint density at radius 1 is 1.12 bits per heavy atom. The summed E-state index contributed by atoms with van der Waals surface area (Å²) in [5.41, 5.74) is 0. The van der Waals surface area contributed by atoms with E-state index in [9.17, 15) is 14.7 Å². The van der Waals surface area contributed by atoms with Crippen LogP contribution >= 0.6 is 0 Å². The molecule has 0 aliphatic heterocycles. The highest BCUT2D eigenvalue weighted by Gasteiger charge is 2.38. The highest BCUT2D eigenvalue weighted by Crippen LogP contribution is 2.40. The summed E-state index contributed by atoms with van der Waals surface area (Å²) in [5.74, 6) is -0.993. The van der Waals surface area contributed by atoms with Gasteiger partial charge in [0, 0.05) is 6.42 Å². The van der Waals surface area contributed by atoms with Crippen molar-refractivity contribution >= 4 is 11.9 Å². The summed E-state index contributed by atoms with van der Waals surface area (Å²) in [6.45, 7) is 4.22. The predicted octanol–water partition coefficient (Wildman–Crippen LogP) is 5.69. The van der Waals surface area contributed by atoms with Gasteiger partial charge in [0.1, 0.15) is 0 Å². The van der Waals surface area contributed by atoms with Crippen LogP contribution in [0, 0.1) is 23.7 Å². The first-order chi connectivity index (χ1) is 12.5. The zero-order valence-electron chi connectivity index (χ0n) is 16.4. The zero-order valence-corrected chi connectivity index (χ0v) is 16.4. The van der Waals surface area contributed by atoms with Crippen molar-refractivity contribution in [3.8, 4) is 0 Å². The molecule has 1 saturated carbocycles. The van der Waals surface area contributed by atoms with Gasteiger partial charge in [-0.3, -0.25) is 9.59 Å². The number of carboxylic acids is 2. The lowest BCUT2D eigenvalue weighted by Gasteiger charge is -2.19. The fourth-order valence-corrected chi connectivity index (χ4v) is 3.86. The van der Waals surface area contributed by atoms with Gasteiger partial charge in [-0.15, -0.1) is 0 Å². The van der Waals surface area contributed by atoms with Crippen LogP contribution in [0.3, 0.4) is 0 Å². The molecule has 0 saturated heterocycles. The second-order valence-electron chi connectivity index (χ2n) is 7.70. The van der Waals surface area contributed by atoms with Gasteiger partial charge in [0.25, 0.3) is 0 Å². The average molecular weight is 365 g/mol. The van der Waals surface area contributed by atoms with Crippen LogP contribution in [-0.2, 0) is 9.59 Å². The molecule has 4 heteroatoms. The second-order valence-corrected chi connectivity index (χ2v) is 7.70. The summed E-state index contributed by atoms with van der Waals surface area (Å²) in [4.78, 5) is 22.2. The standard InChI is InChI=1S/C22H36O4/c1-3-4-5-6-7-8-11-18-14-15-20(22(25)26)19(18)12-9-10-17(2)13-16-21(23)24/h8-11,17-20H,3-7,12-16H2,1-2H3,(H,23,24)(H,25,26)/t17-,18-,19+,20?/m0/s1. The summed E-state index contributed by atoms with van der Waals surface area (Å²) in [6.07, 6.45) is 18.0. The number of aliphatic carboxylic acids is 2. The molecule has 26 heavy (non-hydrogen) atoms. The molecule has 0 aromatic rings. The maximum absolute atomic E-state index is 11.6. The molecule has 0 aromatic heterocycles. The van der Waals surface area contributed by atoms with Crippen LogP contribution in [0.4, 0.5) is 0 Å². The van der Waals surface area contributed by atoms with E-state index in [1.54, 1.807) is 0 Å². The fourth-order valence-electron chi connectivity index (χ4n) is 3.86. The van der Waals surface area contributed by atoms with E-state index in [2.05, 4.69) is 25.2 Å². The summed E-state index contributed by atoms with van der Waals surface area (Å²) >= 11 is 0. The molecule has 0 amide bonds. The molecule has 1 aliphatic carbocycles. The van der Waals surface area contributed by atoms with Crippen molar-refractivity contribution in [2.45, 2.75) is 78.1 Å². The smallest absolute Gasteiger partial charge is 0.306 e. The maximum Gasteiger partial charge on any atom is 0.306 e. The Morgan fingerprint density at radius 3 is 2.54 bits per heavy atom. The molecular formula is C22H36O4. The Hall–Kier alpha value is -1.58. The Balaban J connectivity index is 2.52. The third-order valence-corrected chi connectivity index (χ3v) is 5.49. The van der Waals surface area contributed by atoms with Crippen LogP contribution in [0.25, 0.3) is 0 Å². The minimum atomic E-state index is -0.767. The van der Waals surface area contributed by atoms with Gasteiger partial charge in [-0.1, -0.05) is 57.4 Å². The Morgan fingerprint density at radius 2 is 1.88 bits per heavy atom. The summed E-state index contributed by atoms with van der Waals surface area (Å²) in [6, 6.07) is 0. The third-order valence-electron chi connectivity index (χ3n) is 5.49. The normalized spacial score (nSPS) is 24.5. The first-order valence-electron chi connectivity index (χ1n) is 10.2. The van der Waals surface area contributed by atoms with Gasteiger partial charge in [-0.2, -0.15) is 0 Å². The highest BCUT2D eigenvalue weighted by atomic mass is 16.4. The quantitative estimate of drug-likeness (QED) is 0.325. The second kappa shape index (κ2) is 12.7. The van der Waals surface area contributed by atoms with E-state index in [0.29, 0.717) is 12.3 Å². The van der Waals surface area contributed by atoms with E-state index in [0.717, 1.165) is 25.7 Å². The Labute approximate surface area is 158 Å². The van der Waals surface area contributed by atoms with E-state index >= 15 is 0 Å². The molecule has 0 aromatic carbocycles. The molecule has 4 atom stereocenters. The molecular weight excluding hydrogens is 328 g/mol.